The number of para-hydroxylation sites is 1. The molecule has 8 heteroatoms. The molecule has 1 aliphatic heterocycles. The second-order valence-electron chi connectivity index (χ2n) is 7.10. The fraction of sp³-hybridized carbons (Fsp3) is 0.381. The van der Waals surface area contributed by atoms with Crippen molar-refractivity contribution in [3.05, 3.63) is 59.1 Å². The molecule has 6 nitrogen and oxygen atoms in total. The molecule has 2 aromatic carbocycles. The number of carbonyl (C=O) groups excluding carboxylic acids is 1. The van der Waals surface area contributed by atoms with Crippen LogP contribution in [0.3, 0.4) is 0 Å². The van der Waals surface area contributed by atoms with Gasteiger partial charge in [-0.1, -0.05) is 49.2 Å². The second kappa shape index (κ2) is 9.71. The fourth-order valence-corrected chi connectivity index (χ4v) is 4.95. The maximum absolute atomic E-state index is 12.9. The first-order chi connectivity index (χ1) is 13.9. The van der Waals surface area contributed by atoms with Crippen LogP contribution in [-0.4, -0.2) is 56.3 Å². The monoisotopic (exact) mass is 435 g/mol. The van der Waals surface area contributed by atoms with Gasteiger partial charge in [-0.2, -0.15) is 4.31 Å². The van der Waals surface area contributed by atoms with E-state index in [9.17, 15) is 13.2 Å². The number of sulfonamides is 1. The van der Waals surface area contributed by atoms with Gasteiger partial charge in [0.25, 0.3) is 0 Å². The Morgan fingerprint density at radius 3 is 2.31 bits per heavy atom. The van der Waals surface area contributed by atoms with Crippen LogP contribution in [-0.2, 0) is 21.2 Å². The molecule has 1 fully saturated rings. The number of rotatable bonds is 7. The number of carbonyl (C=O) groups is 1. The van der Waals surface area contributed by atoms with Gasteiger partial charge in [-0.25, -0.2) is 8.42 Å². The molecule has 0 atom stereocenters. The maximum Gasteiger partial charge on any atom is 0.243 e. The van der Waals surface area contributed by atoms with Crippen LogP contribution in [0, 0.1) is 0 Å². The standard InChI is InChI=1S/C21H26ClN3O3S/c1-2-5-17-8-10-18(11-9-17)29(27,28)25-14-12-24(13-15-25)16-21(26)23-20-7-4-3-6-19(20)22/h3-4,6-11H,2,5,12-16H2,1H3,(H,23,26). The predicted molar refractivity (Wildman–Crippen MR) is 116 cm³/mol. The van der Waals surface area contributed by atoms with Crippen molar-refractivity contribution >= 4 is 33.2 Å². The zero-order valence-corrected chi connectivity index (χ0v) is 18.0. The van der Waals surface area contributed by atoms with Gasteiger partial charge in [-0.3, -0.25) is 9.69 Å². The van der Waals surface area contributed by atoms with Crippen molar-refractivity contribution in [2.75, 3.05) is 38.0 Å². The Kier molecular flexibility index (Phi) is 7.29. The third-order valence-electron chi connectivity index (χ3n) is 4.95. The van der Waals surface area contributed by atoms with Crippen LogP contribution in [0.1, 0.15) is 18.9 Å². The van der Waals surface area contributed by atoms with Gasteiger partial charge in [0, 0.05) is 26.2 Å². The molecular formula is C21H26ClN3O3S. The Morgan fingerprint density at radius 1 is 1.03 bits per heavy atom. The molecule has 0 spiro atoms. The van der Waals surface area contributed by atoms with Crippen LogP contribution >= 0.6 is 11.6 Å². The lowest BCUT2D eigenvalue weighted by molar-refractivity contribution is -0.117. The molecule has 1 saturated heterocycles. The van der Waals surface area contributed by atoms with Gasteiger partial charge in [0.2, 0.25) is 15.9 Å². The lowest BCUT2D eigenvalue weighted by atomic mass is 10.1. The highest BCUT2D eigenvalue weighted by Gasteiger charge is 2.29. The fourth-order valence-electron chi connectivity index (χ4n) is 3.35. The van der Waals surface area contributed by atoms with Gasteiger partial charge in [0.05, 0.1) is 22.2 Å². The summed E-state index contributed by atoms with van der Waals surface area (Å²) in [7, 11) is -3.51. The van der Waals surface area contributed by atoms with Crippen molar-refractivity contribution in [3.8, 4) is 0 Å². The third-order valence-corrected chi connectivity index (χ3v) is 7.19. The number of hydrogen-bond acceptors (Lipinski definition) is 4. The number of aryl methyl sites for hydroxylation is 1. The molecule has 0 saturated carbocycles. The molecule has 2 aromatic rings. The summed E-state index contributed by atoms with van der Waals surface area (Å²) < 4.78 is 27.2. The van der Waals surface area contributed by atoms with Crippen molar-refractivity contribution in [2.45, 2.75) is 24.7 Å². The number of amides is 1. The smallest absolute Gasteiger partial charge is 0.243 e. The van der Waals surface area contributed by atoms with Gasteiger partial charge >= 0.3 is 0 Å². The van der Waals surface area contributed by atoms with E-state index in [4.69, 9.17) is 11.6 Å². The van der Waals surface area contributed by atoms with Crippen LogP contribution in [0.4, 0.5) is 5.69 Å². The molecule has 1 aliphatic rings. The van der Waals surface area contributed by atoms with E-state index >= 15 is 0 Å². The largest absolute Gasteiger partial charge is 0.324 e. The summed E-state index contributed by atoms with van der Waals surface area (Å²) in [6, 6.07) is 14.2. The molecule has 1 heterocycles. The topological polar surface area (TPSA) is 69.7 Å². The van der Waals surface area contributed by atoms with E-state index in [0.29, 0.717) is 41.8 Å². The van der Waals surface area contributed by atoms with E-state index in [1.54, 1.807) is 36.4 Å². The summed E-state index contributed by atoms with van der Waals surface area (Å²) in [5.41, 5.74) is 1.72. The van der Waals surface area contributed by atoms with Gasteiger partial charge in [-0.15, -0.1) is 0 Å². The van der Waals surface area contributed by atoms with E-state index < -0.39 is 10.0 Å². The Bertz CT molecular complexity index is 940. The van der Waals surface area contributed by atoms with Crippen molar-refractivity contribution in [3.63, 3.8) is 0 Å². The molecule has 156 valence electrons. The molecular weight excluding hydrogens is 410 g/mol. The molecule has 0 aliphatic carbocycles. The molecule has 3 rings (SSSR count). The number of halogens is 1. The number of piperazine rings is 1. The highest BCUT2D eigenvalue weighted by Crippen LogP contribution is 2.21. The summed E-state index contributed by atoms with van der Waals surface area (Å²) in [5, 5.41) is 3.28. The van der Waals surface area contributed by atoms with Crippen LogP contribution in [0.15, 0.2) is 53.4 Å². The van der Waals surface area contributed by atoms with E-state index in [-0.39, 0.29) is 12.5 Å². The lowest BCUT2D eigenvalue weighted by Gasteiger charge is -2.33. The Hall–Kier alpha value is -1.93. The third kappa shape index (κ3) is 5.57. The average molecular weight is 436 g/mol. The zero-order chi connectivity index (χ0) is 20.9. The summed E-state index contributed by atoms with van der Waals surface area (Å²) in [4.78, 5) is 14.5. The molecule has 29 heavy (non-hydrogen) atoms. The summed E-state index contributed by atoms with van der Waals surface area (Å²) in [6.07, 6.45) is 1.97. The quantitative estimate of drug-likeness (QED) is 0.724. The van der Waals surface area contributed by atoms with Crippen LogP contribution in [0.5, 0.6) is 0 Å². The normalized spacial score (nSPS) is 15.9. The highest BCUT2D eigenvalue weighted by atomic mass is 35.5. The molecule has 1 N–H and O–H groups in total. The average Bonchev–Trinajstić information content (AvgIpc) is 2.71. The van der Waals surface area contributed by atoms with Crippen molar-refractivity contribution in [2.24, 2.45) is 0 Å². The first-order valence-electron chi connectivity index (χ1n) is 9.76. The highest BCUT2D eigenvalue weighted by molar-refractivity contribution is 7.89. The molecule has 0 radical (unpaired) electrons. The zero-order valence-electron chi connectivity index (χ0n) is 16.5. The van der Waals surface area contributed by atoms with Crippen LogP contribution in [0.25, 0.3) is 0 Å². The second-order valence-corrected chi connectivity index (χ2v) is 9.45. The van der Waals surface area contributed by atoms with E-state index in [1.807, 2.05) is 17.0 Å². The van der Waals surface area contributed by atoms with Gasteiger partial charge in [0.1, 0.15) is 0 Å². The SMILES string of the molecule is CCCc1ccc(S(=O)(=O)N2CCN(CC(=O)Nc3ccccc3Cl)CC2)cc1. The number of hydrogen-bond donors (Lipinski definition) is 1. The minimum Gasteiger partial charge on any atom is -0.324 e. The minimum absolute atomic E-state index is 0.166. The number of nitrogens with zero attached hydrogens (tertiary/aromatic N) is 2. The van der Waals surface area contributed by atoms with E-state index in [2.05, 4.69) is 12.2 Å². The summed E-state index contributed by atoms with van der Waals surface area (Å²) in [5.74, 6) is -0.166. The number of benzene rings is 2. The lowest BCUT2D eigenvalue weighted by Crippen LogP contribution is -2.50. The molecule has 1 amide bonds. The molecule has 0 aromatic heterocycles. The maximum atomic E-state index is 12.9. The molecule has 0 unspecified atom stereocenters. The first-order valence-corrected chi connectivity index (χ1v) is 11.6. The van der Waals surface area contributed by atoms with Gasteiger partial charge < -0.3 is 5.32 Å². The Morgan fingerprint density at radius 2 is 1.69 bits per heavy atom. The minimum atomic E-state index is -3.51. The van der Waals surface area contributed by atoms with Gasteiger partial charge in [-0.05, 0) is 36.2 Å². The Labute approximate surface area is 177 Å². The van der Waals surface area contributed by atoms with Crippen LogP contribution < -0.4 is 5.32 Å². The summed E-state index contributed by atoms with van der Waals surface area (Å²) in [6.45, 7) is 4.02. The first kappa shape index (κ1) is 21.8. The van der Waals surface area contributed by atoms with E-state index in [1.165, 1.54) is 4.31 Å². The predicted octanol–water partition coefficient (Wildman–Crippen LogP) is 3.24. The number of nitrogens with one attached hydrogen (secondary N) is 1. The number of anilines is 1. The Balaban J connectivity index is 1.54. The van der Waals surface area contributed by atoms with Crippen molar-refractivity contribution < 1.29 is 13.2 Å². The molecule has 0 bridgehead atoms. The van der Waals surface area contributed by atoms with Gasteiger partial charge in [0.15, 0.2) is 0 Å². The van der Waals surface area contributed by atoms with Crippen molar-refractivity contribution in [1.29, 1.82) is 0 Å². The van der Waals surface area contributed by atoms with Crippen LogP contribution in [0.2, 0.25) is 5.02 Å². The van der Waals surface area contributed by atoms with Crippen molar-refractivity contribution in [1.82, 2.24) is 9.21 Å². The van der Waals surface area contributed by atoms with E-state index in [0.717, 1.165) is 18.4 Å². The summed E-state index contributed by atoms with van der Waals surface area (Å²) >= 11 is 6.06.